The molecule has 0 spiro atoms. The molecule has 0 aromatic heterocycles. The van der Waals surface area contributed by atoms with Crippen LogP contribution in [0.25, 0.3) is 0 Å². The van der Waals surface area contributed by atoms with Crippen LogP contribution in [0.1, 0.15) is 36.0 Å². The molecule has 154 valence electrons. The number of para-hydroxylation sites is 1. The molecule has 1 aliphatic rings. The Hall–Kier alpha value is -3.16. The maximum absolute atomic E-state index is 12.5. The lowest BCUT2D eigenvalue weighted by molar-refractivity contribution is -0.114. The number of carbonyl (C=O) groups is 2. The molecule has 1 aliphatic carbocycles. The fourth-order valence-electron chi connectivity index (χ4n) is 3.25. The molecule has 0 radical (unpaired) electrons. The van der Waals surface area contributed by atoms with Crippen molar-refractivity contribution in [2.75, 3.05) is 17.2 Å². The molecule has 0 bridgehead atoms. The molecular formula is C21H23F2N3O3. The van der Waals surface area contributed by atoms with Gasteiger partial charge in [0.05, 0.1) is 17.8 Å². The Morgan fingerprint density at radius 3 is 2.41 bits per heavy atom. The predicted octanol–water partition coefficient (Wildman–Crippen LogP) is 4.01. The summed E-state index contributed by atoms with van der Waals surface area (Å²) >= 11 is 0. The molecule has 0 unspecified atom stereocenters. The molecule has 0 heterocycles. The first-order valence-corrected chi connectivity index (χ1v) is 9.50. The summed E-state index contributed by atoms with van der Waals surface area (Å²) in [5, 5.41) is 8.65. The number of nitrogens with one attached hydrogen (secondary N) is 3. The van der Waals surface area contributed by atoms with Crippen molar-refractivity contribution in [2.24, 2.45) is 0 Å². The second-order valence-electron chi connectivity index (χ2n) is 6.81. The van der Waals surface area contributed by atoms with Gasteiger partial charge in [0.2, 0.25) is 5.91 Å². The molecule has 0 aliphatic heterocycles. The van der Waals surface area contributed by atoms with E-state index in [2.05, 4.69) is 20.7 Å². The zero-order valence-electron chi connectivity index (χ0n) is 15.8. The van der Waals surface area contributed by atoms with Crippen molar-refractivity contribution in [1.29, 1.82) is 0 Å². The van der Waals surface area contributed by atoms with Crippen LogP contribution >= 0.6 is 0 Å². The molecule has 0 saturated heterocycles. The quantitative estimate of drug-likeness (QED) is 0.622. The minimum absolute atomic E-state index is 0.0391. The fourth-order valence-corrected chi connectivity index (χ4v) is 3.25. The number of amides is 2. The third kappa shape index (κ3) is 6.17. The average Bonchev–Trinajstić information content (AvgIpc) is 3.20. The summed E-state index contributed by atoms with van der Waals surface area (Å²) in [6.45, 7) is -2.93. The smallest absolute Gasteiger partial charge is 0.387 e. The van der Waals surface area contributed by atoms with Gasteiger partial charge in [0.25, 0.3) is 5.91 Å². The van der Waals surface area contributed by atoms with Crippen LogP contribution < -0.4 is 20.7 Å². The highest BCUT2D eigenvalue weighted by molar-refractivity contribution is 6.04. The van der Waals surface area contributed by atoms with Crippen molar-refractivity contribution in [3.63, 3.8) is 0 Å². The number of alkyl halides is 2. The number of anilines is 2. The molecule has 2 aromatic carbocycles. The van der Waals surface area contributed by atoms with Gasteiger partial charge in [-0.15, -0.1) is 0 Å². The molecule has 2 aromatic rings. The van der Waals surface area contributed by atoms with Gasteiger partial charge in [-0.3, -0.25) is 9.59 Å². The molecule has 3 N–H and O–H groups in total. The molecule has 1 fully saturated rings. The highest BCUT2D eigenvalue weighted by atomic mass is 19.3. The van der Waals surface area contributed by atoms with Gasteiger partial charge < -0.3 is 20.7 Å². The zero-order valence-corrected chi connectivity index (χ0v) is 15.8. The highest BCUT2D eigenvalue weighted by Gasteiger charge is 2.20. The Bertz CT molecular complexity index is 837. The van der Waals surface area contributed by atoms with Crippen LogP contribution in [0, 0.1) is 0 Å². The van der Waals surface area contributed by atoms with E-state index < -0.39 is 6.61 Å². The number of benzene rings is 2. The molecule has 1 saturated carbocycles. The largest absolute Gasteiger partial charge is 0.435 e. The maximum atomic E-state index is 12.5. The number of rotatable bonds is 8. The van der Waals surface area contributed by atoms with Gasteiger partial charge in [0.1, 0.15) is 5.75 Å². The average molecular weight is 403 g/mol. The minimum Gasteiger partial charge on any atom is -0.435 e. The van der Waals surface area contributed by atoms with Crippen LogP contribution in [0.3, 0.4) is 0 Å². The van der Waals surface area contributed by atoms with E-state index in [9.17, 15) is 18.4 Å². The number of hydrogen-bond donors (Lipinski definition) is 3. The van der Waals surface area contributed by atoms with E-state index in [1.807, 2.05) is 0 Å². The SMILES string of the molecule is O=C(CNc1ccc(OC(F)F)cc1)Nc1ccccc1C(=O)NC1CCCC1. The standard InChI is InChI=1S/C21H23F2N3O3/c22-21(23)29-16-11-9-14(10-12-16)24-13-19(27)26-18-8-4-3-7-17(18)20(28)25-15-5-1-2-6-15/h3-4,7-12,15,21,24H,1-2,5-6,13H2,(H,25,28)(H,26,27). The molecule has 6 nitrogen and oxygen atoms in total. The first-order valence-electron chi connectivity index (χ1n) is 9.50. The summed E-state index contributed by atoms with van der Waals surface area (Å²) in [6.07, 6.45) is 4.19. The van der Waals surface area contributed by atoms with E-state index in [4.69, 9.17) is 0 Å². The number of hydrogen-bond acceptors (Lipinski definition) is 4. The van der Waals surface area contributed by atoms with Gasteiger partial charge in [-0.05, 0) is 49.2 Å². The third-order valence-corrected chi connectivity index (χ3v) is 4.67. The van der Waals surface area contributed by atoms with Crippen molar-refractivity contribution in [1.82, 2.24) is 5.32 Å². The molecule has 2 amide bonds. The predicted molar refractivity (Wildman–Crippen MR) is 106 cm³/mol. The maximum Gasteiger partial charge on any atom is 0.387 e. The van der Waals surface area contributed by atoms with E-state index >= 15 is 0 Å². The number of carbonyl (C=O) groups excluding carboxylic acids is 2. The van der Waals surface area contributed by atoms with Crippen LogP contribution in [0.2, 0.25) is 0 Å². The van der Waals surface area contributed by atoms with Crippen molar-refractivity contribution in [2.45, 2.75) is 38.3 Å². The third-order valence-electron chi connectivity index (χ3n) is 4.67. The van der Waals surface area contributed by atoms with Crippen molar-refractivity contribution >= 4 is 23.2 Å². The van der Waals surface area contributed by atoms with Gasteiger partial charge in [-0.2, -0.15) is 8.78 Å². The summed E-state index contributed by atoms with van der Waals surface area (Å²) in [5.41, 5.74) is 1.44. The summed E-state index contributed by atoms with van der Waals surface area (Å²) in [7, 11) is 0. The van der Waals surface area contributed by atoms with Crippen LogP contribution in [0.5, 0.6) is 5.75 Å². The first-order chi connectivity index (χ1) is 14.0. The number of ether oxygens (including phenoxy) is 1. The Morgan fingerprint density at radius 2 is 1.72 bits per heavy atom. The molecule has 0 atom stereocenters. The molecular weight excluding hydrogens is 380 g/mol. The second-order valence-corrected chi connectivity index (χ2v) is 6.81. The summed E-state index contributed by atoms with van der Waals surface area (Å²) in [6, 6.07) is 12.9. The Kier molecular flexibility index (Phi) is 6.99. The van der Waals surface area contributed by atoms with Gasteiger partial charge in [-0.1, -0.05) is 25.0 Å². The first kappa shape index (κ1) is 20.6. The lowest BCUT2D eigenvalue weighted by atomic mass is 10.1. The lowest BCUT2D eigenvalue weighted by Gasteiger charge is -2.15. The van der Waals surface area contributed by atoms with E-state index in [0.717, 1.165) is 25.7 Å². The van der Waals surface area contributed by atoms with Crippen molar-refractivity contribution < 1.29 is 23.1 Å². The topological polar surface area (TPSA) is 79.5 Å². The van der Waals surface area contributed by atoms with E-state index in [-0.39, 0.29) is 30.2 Å². The van der Waals surface area contributed by atoms with Crippen molar-refractivity contribution in [3.05, 3.63) is 54.1 Å². The van der Waals surface area contributed by atoms with E-state index in [1.165, 1.54) is 24.3 Å². The Balaban J connectivity index is 1.54. The normalized spacial score (nSPS) is 13.9. The van der Waals surface area contributed by atoms with Crippen molar-refractivity contribution in [3.8, 4) is 5.75 Å². The summed E-state index contributed by atoms with van der Waals surface area (Å²) < 4.78 is 28.6. The van der Waals surface area contributed by atoms with Crippen LogP contribution in [-0.4, -0.2) is 31.0 Å². The summed E-state index contributed by atoms with van der Waals surface area (Å²) in [5.74, 6) is -0.494. The lowest BCUT2D eigenvalue weighted by Crippen LogP contribution is -2.33. The monoisotopic (exact) mass is 403 g/mol. The Labute approximate surface area is 167 Å². The number of halogens is 2. The van der Waals surface area contributed by atoms with Gasteiger partial charge in [-0.25, -0.2) is 0 Å². The van der Waals surface area contributed by atoms with Gasteiger partial charge in [0.15, 0.2) is 0 Å². The minimum atomic E-state index is -2.88. The highest BCUT2D eigenvalue weighted by Crippen LogP contribution is 2.21. The Morgan fingerprint density at radius 1 is 1.03 bits per heavy atom. The van der Waals surface area contributed by atoms with E-state index in [1.54, 1.807) is 24.3 Å². The fraction of sp³-hybridized carbons (Fsp3) is 0.333. The molecule has 3 rings (SSSR count). The molecule has 29 heavy (non-hydrogen) atoms. The van der Waals surface area contributed by atoms with Crippen LogP contribution in [0.15, 0.2) is 48.5 Å². The van der Waals surface area contributed by atoms with Gasteiger partial charge in [0, 0.05) is 11.7 Å². The van der Waals surface area contributed by atoms with E-state index in [0.29, 0.717) is 16.9 Å². The van der Waals surface area contributed by atoms with Crippen LogP contribution in [0.4, 0.5) is 20.2 Å². The molecule has 8 heteroatoms. The zero-order chi connectivity index (χ0) is 20.6. The second kappa shape index (κ2) is 9.86. The van der Waals surface area contributed by atoms with Crippen LogP contribution in [-0.2, 0) is 4.79 Å². The van der Waals surface area contributed by atoms with Gasteiger partial charge >= 0.3 is 6.61 Å². The summed E-state index contributed by atoms with van der Waals surface area (Å²) in [4.78, 5) is 24.8.